The second-order valence-corrected chi connectivity index (χ2v) is 8.62. The van der Waals surface area contributed by atoms with Gasteiger partial charge in [-0.3, -0.25) is 0 Å². The summed E-state index contributed by atoms with van der Waals surface area (Å²) in [5.41, 5.74) is 0. The van der Waals surface area contributed by atoms with Crippen molar-refractivity contribution in [1.29, 1.82) is 0 Å². The summed E-state index contributed by atoms with van der Waals surface area (Å²) in [7, 11) is -32.0. The summed E-state index contributed by atoms with van der Waals surface area (Å²) in [6.07, 6.45) is 0. The first-order chi connectivity index (χ1) is 7.35. The van der Waals surface area contributed by atoms with E-state index in [1.807, 2.05) is 0 Å². The van der Waals surface area contributed by atoms with Gasteiger partial charge in [-0.05, 0) is 0 Å². The maximum atomic E-state index is 9.87. The maximum Gasteiger partial charge on any atom is 3.00 e. The van der Waals surface area contributed by atoms with Gasteiger partial charge >= 0.3 is 116 Å². The van der Waals surface area contributed by atoms with Crippen LogP contribution in [0.15, 0.2) is 0 Å². The SMILES string of the molecule is F[P-](F)(F)(F)(F)F.F[P-](F)(F)(F)(F)F.F[P-](F)(F)(F)(F)F.[Cr+3]. The predicted molar refractivity (Wildman–Crippen MR) is 40.7 cm³/mol. The largest absolute Gasteiger partial charge is 3.00 e. The topological polar surface area (TPSA) is 0 Å². The maximum absolute atomic E-state index is 10.7. The zero-order valence-electron chi connectivity index (χ0n) is 8.55. The van der Waals surface area contributed by atoms with Crippen molar-refractivity contribution in [3.8, 4) is 0 Å². The van der Waals surface area contributed by atoms with Crippen LogP contribution in [0.1, 0.15) is 0 Å². The smallest absolute Gasteiger partial charge is 3.00 e. The molecule has 0 saturated carbocycles. The van der Waals surface area contributed by atoms with Crippen molar-refractivity contribution in [2.75, 3.05) is 0 Å². The van der Waals surface area contributed by atoms with Crippen molar-refractivity contribution in [1.82, 2.24) is 0 Å². The molecule has 0 aliphatic heterocycles. The molecule has 0 aromatic carbocycles. The minimum absolute atomic E-state index is 0. The van der Waals surface area contributed by atoms with E-state index in [4.69, 9.17) is 0 Å². The van der Waals surface area contributed by atoms with Crippen molar-refractivity contribution in [3.05, 3.63) is 0 Å². The van der Waals surface area contributed by atoms with Crippen LogP contribution < -0.4 is 0 Å². The van der Waals surface area contributed by atoms with E-state index in [0.717, 1.165) is 0 Å². The molecule has 0 N–H and O–H groups in total. The summed E-state index contributed by atoms with van der Waals surface area (Å²) >= 11 is 0. The van der Waals surface area contributed by atoms with Crippen LogP contribution in [0, 0.1) is 0 Å². The standard InChI is InChI=1S/Cr.3F6P/c;3*1-7(2,3,4,5)6/q+3;3*-1. The molecule has 0 aliphatic carbocycles. The second-order valence-electron chi connectivity index (χ2n) is 2.87. The number of hydrogen-bond donors (Lipinski definition) is 0. The Hall–Kier alpha value is 0.562. The first-order valence-corrected chi connectivity index (χ1v) is 9.13. The van der Waals surface area contributed by atoms with Crippen LogP contribution in [0.2, 0.25) is 0 Å². The minimum atomic E-state index is -10.7. The van der Waals surface area contributed by atoms with E-state index < -0.39 is 23.4 Å². The van der Waals surface area contributed by atoms with Crippen LogP contribution in [0.4, 0.5) is 75.5 Å². The molecule has 0 saturated heterocycles. The molecule has 0 rings (SSSR count). The molecule has 0 fully saturated rings. The van der Waals surface area contributed by atoms with Crippen molar-refractivity contribution >= 4 is 23.4 Å². The molecule has 0 aromatic rings. The van der Waals surface area contributed by atoms with Gasteiger partial charge < -0.3 is 0 Å². The Kier molecular flexibility index (Phi) is 6.08. The summed E-state index contributed by atoms with van der Waals surface area (Å²) < 4.78 is 178. The Bertz CT molecular complexity index is 265. The van der Waals surface area contributed by atoms with Gasteiger partial charge in [0, 0.05) is 0 Å². The third-order valence-corrected chi connectivity index (χ3v) is 0. The van der Waals surface area contributed by atoms with Gasteiger partial charge in [0.15, 0.2) is 0 Å². The molecule has 22 heteroatoms. The summed E-state index contributed by atoms with van der Waals surface area (Å²) in [4.78, 5) is 0. The number of hydrogen-bond acceptors (Lipinski definition) is 0. The van der Waals surface area contributed by atoms with Crippen LogP contribution in [-0.2, 0) is 17.4 Å². The van der Waals surface area contributed by atoms with E-state index in [0.29, 0.717) is 0 Å². The fraction of sp³-hybridized carbons (Fsp3) is 0. The molecule has 0 spiro atoms. The fourth-order valence-corrected chi connectivity index (χ4v) is 0. The Morgan fingerprint density at radius 2 is 0.227 bits per heavy atom. The van der Waals surface area contributed by atoms with Gasteiger partial charge in [-0.2, -0.15) is 0 Å². The molecule has 0 bridgehead atoms. The normalized spacial score (nSPS) is 22.1. The fourth-order valence-electron chi connectivity index (χ4n) is 0. The van der Waals surface area contributed by atoms with Gasteiger partial charge in [0.2, 0.25) is 0 Å². The average Bonchev–Trinajstić information content (AvgIpc) is 1.19. The quantitative estimate of drug-likeness (QED) is 0.236. The van der Waals surface area contributed by atoms with E-state index in [9.17, 15) is 75.5 Å². The van der Waals surface area contributed by atoms with Crippen LogP contribution in [0.25, 0.3) is 0 Å². The summed E-state index contributed by atoms with van der Waals surface area (Å²) in [6, 6.07) is 0. The first kappa shape index (κ1) is 30.4. The molecule has 1 radical (unpaired) electrons. The minimum Gasteiger partial charge on any atom is 3.00 e. The molecule has 0 nitrogen and oxygen atoms in total. The average molecular weight is 487 g/mol. The Morgan fingerprint density at radius 3 is 0.227 bits per heavy atom. The van der Waals surface area contributed by atoms with E-state index >= 15 is 0 Å². The molecule has 0 amide bonds. The zero-order valence-corrected chi connectivity index (χ0v) is 12.5. The summed E-state index contributed by atoms with van der Waals surface area (Å²) in [6.45, 7) is 0. The van der Waals surface area contributed by atoms with Crippen molar-refractivity contribution < 1.29 is 92.9 Å². The van der Waals surface area contributed by atoms with Crippen molar-refractivity contribution in [3.63, 3.8) is 0 Å². The molecule has 22 heavy (non-hydrogen) atoms. The Labute approximate surface area is 117 Å². The van der Waals surface area contributed by atoms with E-state index in [1.54, 1.807) is 0 Å². The molecule has 147 valence electrons. The van der Waals surface area contributed by atoms with Gasteiger partial charge in [0.1, 0.15) is 0 Å². The third-order valence-electron chi connectivity index (χ3n) is 0. The van der Waals surface area contributed by atoms with Crippen LogP contribution in [0.5, 0.6) is 0 Å². The first-order valence-electron chi connectivity index (χ1n) is 3.04. The molecule has 0 heterocycles. The van der Waals surface area contributed by atoms with Crippen molar-refractivity contribution in [2.24, 2.45) is 0 Å². The monoisotopic (exact) mass is 487 g/mol. The van der Waals surface area contributed by atoms with Gasteiger partial charge in [-0.15, -0.1) is 0 Å². The molecule has 0 aromatic heterocycles. The summed E-state index contributed by atoms with van der Waals surface area (Å²) in [5.74, 6) is 0. The van der Waals surface area contributed by atoms with Crippen LogP contribution in [0.3, 0.4) is 0 Å². The van der Waals surface area contributed by atoms with Crippen LogP contribution >= 0.6 is 23.4 Å². The number of halogens is 18. The van der Waals surface area contributed by atoms with Crippen LogP contribution in [-0.4, -0.2) is 0 Å². The molecular weight excluding hydrogens is 487 g/mol. The number of rotatable bonds is 0. The van der Waals surface area contributed by atoms with E-state index in [2.05, 4.69) is 0 Å². The Morgan fingerprint density at radius 1 is 0.227 bits per heavy atom. The van der Waals surface area contributed by atoms with Crippen molar-refractivity contribution in [2.45, 2.75) is 0 Å². The predicted octanol–water partition coefficient (Wildman–Crippen LogP) is 10.1. The zero-order chi connectivity index (χ0) is 19.2. The second kappa shape index (κ2) is 4.39. The molecular formula is CrF18P3. The third kappa shape index (κ3) is 24900. The van der Waals surface area contributed by atoms with Gasteiger partial charge in [0.05, 0.1) is 0 Å². The van der Waals surface area contributed by atoms with E-state index in [1.165, 1.54) is 0 Å². The van der Waals surface area contributed by atoms with Gasteiger partial charge in [0.25, 0.3) is 0 Å². The molecule has 0 atom stereocenters. The van der Waals surface area contributed by atoms with Gasteiger partial charge in [-0.25, -0.2) is 0 Å². The summed E-state index contributed by atoms with van der Waals surface area (Å²) in [5, 5.41) is 0. The van der Waals surface area contributed by atoms with E-state index in [-0.39, 0.29) is 17.4 Å². The molecule has 0 aliphatic rings. The Balaban J connectivity index is -0.000000108. The molecule has 0 unspecified atom stereocenters. The van der Waals surface area contributed by atoms with Gasteiger partial charge in [-0.1, -0.05) is 0 Å².